The molecule has 276 valence electrons. The number of aliphatic hydroxyl groups is 2. The van der Waals surface area contributed by atoms with Crippen molar-refractivity contribution >= 4 is 5.91 Å². The lowest BCUT2D eigenvalue weighted by Crippen LogP contribution is -2.45. The summed E-state index contributed by atoms with van der Waals surface area (Å²) in [7, 11) is 0. The molecule has 1 amide bonds. The van der Waals surface area contributed by atoms with Crippen LogP contribution in [0.5, 0.6) is 0 Å². The Kier molecular flexibility index (Phi) is 37.9. The van der Waals surface area contributed by atoms with Crippen LogP contribution in [0.4, 0.5) is 0 Å². The Hall–Kier alpha value is -1.39. The number of carbonyl (C=O) groups is 1. The third kappa shape index (κ3) is 35.7. The predicted molar refractivity (Wildman–Crippen MR) is 207 cm³/mol. The monoisotopic (exact) mass is 660 g/mol. The van der Waals surface area contributed by atoms with Crippen molar-refractivity contribution in [1.29, 1.82) is 0 Å². The molecule has 0 spiro atoms. The van der Waals surface area contributed by atoms with Crippen molar-refractivity contribution in [2.75, 3.05) is 6.61 Å². The Morgan fingerprint density at radius 3 is 1.23 bits per heavy atom. The molecule has 0 radical (unpaired) electrons. The van der Waals surface area contributed by atoms with Crippen molar-refractivity contribution in [3.63, 3.8) is 0 Å². The molecule has 4 heteroatoms. The van der Waals surface area contributed by atoms with Crippen molar-refractivity contribution < 1.29 is 15.0 Å². The molecule has 0 rings (SSSR count). The molecule has 0 aromatic carbocycles. The molecule has 0 aliphatic heterocycles. The van der Waals surface area contributed by atoms with Crippen LogP contribution in [0.1, 0.15) is 213 Å². The average molecular weight is 660 g/mol. The van der Waals surface area contributed by atoms with Crippen LogP contribution < -0.4 is 5.32 Å². The summed E-state index contributed by atoms with van der Waals surface area (Å²) in [6.07, 6.45) is 51.0. The first kappa shape index (κ1) is 45.6. The molecule has 0 saturated heterocycles. The molecule has 0 aliphatic rings. The summed E-state index contributed by atoms with van der Waals surface area (Å²) in [4.78, 5) is 12.3. The zero-order valence-electron chi connectivity index (χ0n) is 31.5. The molecule has 2 atom stereocenters. The number of allylic oxidation sites excluding steroid dienone is 5. The van der Waals surface area contributed by atoms with Gasteiger partial charge in [0.2, 0.25) is 5.91 Å². The molecule has 2 unspecified atom stereocenters. The average Bonchev–Trinajstić information content (AvgIpc) is 3.07. The molecule has 47 heavy (non-hydrogen) atoms. The molecule has 0 saturated carbocycles. The van der Waals surface area contributed by atoms with E-state index in [9.17, 15) is 15.0 Å². The second-order valence-electron chi connectivity index (χ2n) is 14.0. The second-order valence-corrected chi connectivity index (χ2v) is 14.0. The first-order valence-electron chi connectivity index (χ1n) is 20.7. The van der Waals surface area contributed by atoms with Crippen LogP contribution in [-0.2, 0) is 4.79 Å². The van der Waals surface area contributed by atoms with E-state index in [0.29, 0.717) is 6.42 Å². The van der Waals surface area contributed by atoms with E-state index in [1.807, 2.05) is 6.08 Å². The number of unbranched alkanes of at least 4 members (excludes halogenated alkanes) is 26. The quantitative estimate of drug-likeness (QED) is 0.0459. The minimum Gasteiger partial charge on any atom is -0.394 e. The van der Waals surface area contributed by atoms with E-state index in [1.54, 1.807) is 6.08 Å². The third-order valence-electron chi connectivity index (χ3n) is 9.35. The van der Waals surface area contributed by atoms with Gasteiger partial charge in [0, 0.05) is 6.42 Å². The molecule has 0 aromatic rings. The normalized spacial score (nSPS) is 13.4. The summed E-state index contributed by atoms with van der Waals surface area (Å²) >= 11 is 0. The molecule has 3 N–H and O–H groups in total. The van der Waals surface area contributed by atoms with Gasteiger partial charge in [0.15, 0.2) is 0 Å². The number of nitrogens with one attached hydrogen (secondary N) is 1. The largest absolute Gasteiger partial charge is 0.394 e. The van der Waals surface area contributed by atoms with Gasteiger partial charge in [0.1, 0.15) is 0 Å². The fourth-order valence-corrected chi connectivity index (χ4v) is 6.13. The topological polar surface area (TPSA) is 69.6 Å². The summed E-state index contributed by atoms with van der Waals surface area (Å²) < 4.78 is 0. The van der Waals surface area contributed by atoms with Gasteiger partial charge in [-0.05, 0) is 57.8 Å². The van der Waals surface area contributed by atoms with Crippen LogP contribution in [0.3, 0.4) is 0 Å². The van der Waals surface area contributed by atoms with E-state index >= 15 is 0 Å². The van der Waals surface area contributed by atoms with Gasteiger partial charge in [-0.1, -0.05) is 185 Å². The van der Waals surface area contributed by atoms with Gasteiger partial charge in [-0.15, -0.1) is 0 Å². The highest BCUT2D eigenvalue weighted by atomic mass is 16.3. The maximum atomic E-state index is 12.3. The van der Waals surface area contributed by atoms with E-state index in [4.69, 9.17) is 0 Å². The fourth-order valence-electron chi connectivity index (χ4n) is 6.13. The van der Waals surface area contributed by atoms with Gasteiger partial charge in [-0.3, -0.25) is 4.79 Å². The maximum Gasteiger partial charge on any atom is 0.220 e. The number of hydrogen-bond donors (Lipinski definition) is 3. The molecule has 0 aromatic heterocycles. The highest BCUT2D eigenvalue weighted by Gasteiger charge is 2.17. The lowest BCUT2D eigenvalue weighted by atomic mass is 10.0. The minimum atomic E-state index is -0.861. The molecular formula is C43H81NO3. The highest BCUT2D eigenvalue weighted by molar-refractivity contribution is 5.76. The second kappa shape index (κ2) is 39.1. The van der Waals surface area contributed by atoms with Gasteiger partial charge >= 0.3 is 0 Å². The number of aliphatic hydroxyl groups excluding tert-OH is 2. The molecule has 0 bridgehead atoms. The Labute approximate surface area is 293 Å². The zero-order chi connectivity index (χ0) is 34.3. The summed E-state index contributed by atoms with van der Waals surface area (Å²) in [5.41, 5.74) is 0. The van der Waals surface area contributed by atoms with Crippen LogP contribution in [0, 0.1) is 0 Å². The van der Waals surface area contributed by atoms with Crippen molar-refractivity contribution in [3.05, 3.63) is 36.5 Å². The zero-order valence-corrected chi connectivity index (χ0v) is 31.5. The van der Waals surface area contributed by atoms with Crippen LogP contribution in [0.2, 0.25) is 0 Å². The van der Waals surface area contributed by atoms with E-state index in [1.165, 1.54) is 161 Å². The molecule has 0 heterocycles. The Morgan fingerprint density at radius 2 is 0.830 bits per heavy atom. The van der Waals surface area contributed by atoms with Gasteiger partial charge in [-0.2, -0.15) is 0 Å². The van der Waals surface area contributed by atoms with Crippen LogP contribution >= 0.6 is 0 Å². The SMILES string of the molecule is CCCCCCCCC/C=C/CC/C=C/C(O)C(CO)NC(=O)CCCCCCCCC/C=C\CCCCCCCCCCCCC. The van der Waals surface area contributed by atoms with Crippen molar-refractivity contribution in [1.82, 2.24) is 5.32 Å². The van der Waals surface area contributed by atoms with Crippen LogP contribution in [0.25, 0.3) is 0 Å². The lowest BCUT2D eigenvalue weighted by Gasteiger charge is -2.19. The Balaban J connectivity index is 3.59. The van der Waals surface area contributed by atoms with E-state index in [2.05, 4.69) is 43.5 Å². The maximum absolute atomic E-state index is 12.3. The van der Waals surface area contributed by atoms with Gasteiger partial charge in [-0.25, -0.2) is 0 Å². The van der Waals surface area contributed by atoms with Crippen LogP contribution in [-0.4, -0.2) is 34.9 Å². The molecule has 0 fully saturated rings. The van der Waals surface area contributed by atoms with Crippen molar-refractivity contribution in [2.24, 2.45) is 0 Å². The predicted octanol–water partition coefficient (Wildman–Crippen LogP) is 12.6. The first-order valence-corrected chi connectivity index (χ1v) is 20.7. The lowest BCUT2D eigenvalue weighted by molar-refractivity contribution is -0.123. The standard InChI is InChI=1S/C43H81NO3/c1-3-5-7-9-11-13-15-17-18-19-20-21-22-23-24-25-27-29-31-33-35-37-39-43(47)44-41(40-45)42(46)38-36-34-32-30-28-26-16-14-12-10-8-6-4-2/h22-23,28,30,36,38,41-42,45-46H,3-21,24-27,29,31-35,37,39-40H2,1-2H3,(H,44,47)/b23-22-,30-28+,38-36+. The first-order chi connectivity index (χ1) is 23.2. The summed E-state index contributed by atoms with van der Waals surface area (Å²) in [6.45, 7) is 4.28. The summed E-state index contributed by atoms with van der Waals surface area (Å²) in [5.74, 6) is -0.0789. The number of carbonyl (C=O) groups excluding carboxylic acids is 1. The van der Waals surface area contributed by atoms with Crippen LogP contribution in [0.15, 0.2) is 36.5 Å². The highest BCUT2D eigenvalue weighted by Crippen LogP contribution is 2.14. The smallest absolute Gasteiger partial charge is 0.220 e. The minimum absolute atomic E-state index is 0.0789. The van der Waals surface area contributed by atoms with E-state index < -0.39 is 12.1 Å². The Bertz CT molecular complexity index is 716. The summed E-state index contributed by atoms with van der Waals surface area (Å²) in [5, 5.41) is 22.9. The van der Waals surface area contributed by atoms with Gasteiger partial charge < -0.3 is 15.5 Å². The van der Waals surface area contributed by atoms with Gasteiger partial charge in [0.05, 0.1) is 18.8 Å². The fraction of sp³-hybridized carbons (Fsp3) is 0.837. The van der Waals surface area contributed by atoms with E-state index in [0.717, 1.165) is 32.1 Å². The molecule has 0 aliphatic carbocycles. The van der Waals surface area contributed by atoms with E-state index in [-0.39, 0.29) is 12.5 Å². The van der Waals surface area contributed by atoms with Gasteiger partial charge in [0.25, 0.3) is 0 Å². The third-order valence-corrected chi connectivity index (χ3v) is 9.35. The van der Waals surface area contributed by atoms with Crippen molar-refractivity contribution in [2.45, 2.75) is 225 Å². The Morgan fingerprint density at radius 1 is 0.489 bits per heavy atom. The summed E-state index contributed by atoms with van der Waals surface area (Å²) in [6, 6.07) is -0.639. The number of amides is 1. The molecular weight excluding hydrogens is 578 g/mol. The molecule has 4 nitrogen and oxygen atoms in total. The van der Waals surface area contributed by atoms with Crippen molar-refractivity contribution in [3.8, 4) is 0 Å². The number of hydrogen-bond acceptors (Lipinski definition) is 3. The number of rotatable bonds is 37.